The standard InChI is InChI=1S/C25H37FN2O6S/c1-13-22(31)14(2)33-8-7-25(6)20(34-25)10-18(17(26)9-16-12-35-15(3)27-16)28-21(30)11-19(29)24(4,5)23(13)32/h9,12-14,18-20,22,29,31H,7-8,10-11H2,1-6H3,(H,28,30)/t13-,14-,18+,19+,20+,22+,25-/m1/s1. The lowest BCUT2D eigenvalue weighted by Crippen LogP contribution is -2.48. The van der Waals surface area contributed by atoms with Gasteiger partial charge < -0.3 is 25.0 Å². The normalized spacial score (nSPS) is 37.5. The second kappa shape index (κ2) is 10.7. The van der Waals surface area contributed by atoms with Crippen molar-refractivity contribution in [3.63, 3.8) is 0 Å². The molecule has 0 saturated carbocycles. The van der Waals surface area contributed by atoms with Crippen LogP contribution in [0.1, 0.15) is 64.6 Å². The predicted molar refractivity (Wildman–Crippen MR) is 130 cm³/mol. The molecular formula is C25H37FN2O6S. The molecule has 1 amide bonds. The number of thiazole rings is 1. The fraction of sp³-hybridized carbons (Fsp3) is 0.720. The number of fused-ring (bicyclic) bond motifs is 1. The summed E-state index contributed by atoms with van der Waals surface area (Å²) in [4.78, 5) is 30.2. The molecule has 196 valence electrons. The molecule has 0 bridgehead atoms. The number of halogens is 1. The summed E-state index contributed by atoms with van der Waals surface area (Å²) in [5, 5.41) is 26.7. The minimum absolute atomic E-state index is 0.196. The van der Waals surface area contributed by atoms with E-state index in [1.54, 1.807) is 19.2 Å². The van der Waals surface area contributed by atoms with Crippen LogP contribution in [-0.2, 0) is 19.1 Å². The molecule has 3 rings (SSSR count). The number of aliphatic hydroxyl groups is 2. The lowest BCUT2D eigenvalue weighted by molar-refractivity contribution is -0.146. The van der Waals surface area contributed by atoms with E-state index in [1.165, 1.54) is 31.3 Å². The molecule has 1 aromatic rings. The molecule has 10 heteroatoms. The van der Waals surface area contributed by atoms with Gasteiger partial charge in [-0.2, -0.15) is 0 Å². The largest absolute Gasteiger partial charge is 0.392 e. The van der Waals surface area contributed by atoms with E-state index < -0.39 is 59.4 Å². The zero-order valence-electron chi connectivity index (χ0n) is 21.2. The number of rotatable bonds is 2. The van der Waals surface area contributed by atoms with Gasteiger partial charge in [0.1, 0.15) is 11.6 Å². The molecule has 0 unspecified atom stereocenters. The SMILES string of the molecule is Cc1nc(C=C(F)[C@@H]2C[C@@H]3O[C@]3(C)CCO[C@H](C)[C@@H](O)[C@@H](C)C(=O)C(C)(C)[C@@H](O)CC(=O)N2)cs1. The van der Waals surface area contributed by atoms with Crippen LogP contribution < -0.4 is 5.32 Å². The summed E-state index contributed by atoms with van der Waals surface area (Å²) in [7, 11) is 0. The lowest BCUT2D eigenvalue weighted by Gasteiger charge is -2.34. The van der Waals surface area contributed by atoms with Crippen molar-refractivity contribution in [1.82, 2.24) is 10.3 Å². The highest BCUT2D eigenvalue weighted by Gasteiger charge is 2.53. The number of hydrogen-bond donors (Lipinski definition) is 3. The summed E-state index contributed by atoms with van der Waals surface area (Å²) >= 11 is 1.40. The zero-order chi connectivity index (χ0) is 26.1. The number of nitrogens with zero attached hydrogens (tertiary/aromatic N) is 1. The van der Waals surface area contributed by atoms with E-state index >= 15 is 4.39 Å². The molecule has 0 radical (unpaired) electrons. The number of aryl methyl sites for hydroxylation is 1. The van der Waals surface area contributed by atoms with Crippen LogP contribution in [0.15, 0.2) is 11.2 Å². The Labute approximate surface area is 209 Å². The average Bonchev–Trinajstić information content (AvgIpc) is 3.22. The second-order valence-electron chi connectivity index (χ2n) is 10.5. The number of amides is 1. The molecule has 3 heterocycles. The minimum atomic E-state index is -1.33. The Morgan fingerprint density at radius 1 is 1.29 bits per heavy atom. The van der Waals surface area contributed by atoms with Gasteiger partial charge in [-0.05, 0) is 26.8 Å². The minimum Gasteiger partial charge on any atom is -0.392 e. The number of carbonyl (C=O) groups is 2. The van der Waals surface area contributed by atoms with Gasteiger partial charge in [-0.15, -0.1) is 11.3 Å². The fourth-order valence-corrected chi connectivity index (χ4v) is 5.06. The molecule has 2 fully saturated rings. The van der Waals surface area contributed by atoms with Crippen molar-refractivity contribution in [3.8, 4) is 0 Å². The van der Waals surface area contributed by atoms with E-state index in [0.29, 0.717) is 12.1 Å². The molecule has 0 aromatic carbocycles. The van der Waals surface area contributed by atoms with Crippen molar-refractivity contribution in [2.24, 2.45) is 11.3 Å². The number of ketones is 1. The van der Waals surface area contributed by atoms with Gasteiger partial charge in [0.05, 0.1) is 58.6 Å². The summed E-state index contributed by atoms with van der Waals surface area (Å²) in [6.45, 7) is 10.4. The summed E-state index contributed by atoms with van der Waals surface area (Å²) in [6.07, 6.45) is -1.71. The van der Waals surface area contributed by atoms with Gasteiger partial charge in [0.2, 0.25) is 5.91 Å². The van der Waals surface area contributed by atoms with Gasteiger partial charge in [0.15, 0.2) is 0 Å². The van der Waals surface area contributed by atoms with E-state index in [4.69, 9.17) is 9.47 Å². The van der Waals surface area contributed by atoms with Crippen LogP contribution in [0.25, 0.3) is 6.08 Å². The van der Waals surface area contributed by atoms with Crippen molar-refractivity contribution in [3.05, 3.63) is 21.9 Å². The van der Waals surface area contributed by atoms with Crippen molar-refractivity contribution < 1.29 is 33.7 Å². The number of carbonyl (C=O) groups excluding carboxylic acids is 2. The maximum absolute atomic E-state index is 15.3. The van der Waals surface area contributed by atoms with Crippen molar-refractivity contribution >= 4 is 29.1 Å². The van der Waals surface area contributed by atoms with Crippen LogP contribution in [0, 0.1) is 18.3 Å². The second-order valence-corrected chi connectivity index (χ2v) is 11.6. The maximum atomic E-state index is 15.3. The first-order valence-corrected chi connectivity index (χ1v) is 12.9. The predicted octanol–water partition coefficient (Wildman–Crippen LogP) is 2.95. The lowest BCUT2D eigenvalue weighted by atomic mass is 9.74. The number of aromatic nitrogens is 1. The third-order valence-corrected chi connectivity index (χ3v) is 8.10. The topological polar surface area (TPSA) is 121 Å². The monoisotopic (exact) mass is 512 g/mol. The van der Waals surface area contributed by atoms with Gasteiger partial charge in [-0.1, -0.05) is 20.8 Å². The molecule has 1 aromatic heterocycles. The number of aliphatic hydroxyl groups excluding tert-OH is 2. The Morgan fingerprint density at radius 2 is 1.97 bits per heavy atom. The average molecular weight is 513 g/mol. The van der Waals surface area contributed by atoms with Gasteiger partial charge in [0.25, 0.3) is 0 Å². The molecule has 2 aliphatic rings. The van der Waals surface area contributed by atoms with Crippen LogP contribution in [0.2, 0.25) is 0 Å². The fourth-order valence-electron chi connectivity index (χ4n) is 4.49. The van der Waals surface area contributed by atoms with Crippen LogP contribution >= 0.6 is 11.3 Å². The summed E-state index contributed by atoms with van der Waals surface area (Å²) in [5.74, 6) is -2.34. The van der Waals surface area contributed by atoms with Gasteiger partial charge >= 0.3 is 0 Å². The van der Waals surface area contributed by atoms with E-state index in [9.17, 15) is 19.8 Å². The summed E-state index contributed by atoms with van der Waals surface area (Å²) in [6, 6.07) is -0.976. The van der Waals surface area contributed by atoms with E-state index in [1.807, 2.05) is 13.8 Å². The molecule has 2 saturated heterocycles. The molecule has 35 heavy (non-hydrogen) atoms. The smallest absolute Gasteiger partial charge is 0.223 e. The Balaban J connectivity index is 1.85. The number of epoxide rings is 1. The Kier molecular flexibility index (Phi) is 8.53. The van der Waals surface area contributed by atoms with Crippen molar-refractivity contribution in [2.75, 3.05) is 6.61 Å². The number of nitrogens with one attached hydrogen (secondary N) is 1. The van der Waals surface area contributed by atoms with Gasteiger partial charge in [-0.3, -0.25) is 9.59 Å². The first kappa shape index (κ1) is 27.9. The summed E-state index contributed by atoms with van der Waals surface area (Å²) < 4.78 is 27.0. The van der Waals surface area contributed by atoms with Gasteiger partial charge in [0, 0.05) is 30.7 Å². The van der Waals surface area contributed by atoms with E-state index in [0.717, 1.165) is 5.01 Å². The molecule has 3 N–H and O–H groups in total. The van der Waals surface area contributed by atoms with Crippen LogP contribution in [-0.4, -0.2) is 69.6 Å². The van der Waals surface area contributed by atoms with Crippen molar-refractivity contribution in [2.45, 2.75) is 96.9 Å². The Morgan fingerprint density at radius 3 is 2.60 bits per heavy atom. The third-order valence-electron chi connectivity index (χ3n) is 7.31. The molecule has 0 aliphatic carbocycles. The zero-order valence-corrected chi connectivity index (χ0v) is 22.0. The first-order chi connectivity index (χ1) is 16.2. The van der Waals surface area contributed by atoms with Gasteiger partial charge in [-0.25, -0.2) is 9.37 Å². The summed E-state index contributed by atoms with van der Waals surface area (Å²) in [5.41, 5.74) is -1.40. The molecule has 0 spiro atoms. The van der Waals surface area contributed by atoms with Crippen LogP contribution in [0.3, 0.4) is 0 Å². The molecule has 2 aliphatic heterocycles. The Hall–Kier alpha value is -1.72. The third kappa shape index (κ3) is 6.54. The molecule has 7 atom stereocenters. The number of Topliss-reactive ketones (excluding diaryl/α,β-unsaturated/α-hetero) is 1. The molecular weight excluding hydrogens is 475 g/mol. The highest BCUT2D eigenvalue weighted by molar-refractivity contribution is 7.09. The van der Waals surface area contributed by atoms with Crippen LogP contribution in [0.5, 0.6) is 0 Å². The Bertz CT molecular complexity index is 966. The highest BCUT2D eigenvalue weighted by atomic mass is 32.1. The van der Waals surface area contributed by atoms with E-state index in [-0.39, 0.29) is 24.9 Å². The maximum Gasteiger partial charge on any atom is 0.223 e. The highest BCUT2D eigenvalue weighted by Crippen LogP contribution is 2.43. The van der Waals surface area contributed by atoms with Crippen LogP contribution in [0.4, 0.5) is 4.39 Å². The number of hydrogen-bond acceptors (Lipinski definition) is 8. The quantitative estimate of drug-likeness (QED) is 0.521. The van der Waals surface area contributed by atoms with Crippen molar-refractivity contribution in [1.29, 1.82) is 0 Å². The van der Waals surface area contributed by atoms with E-state index in [2.05, 4.69) is 10.3 Å². The number of ether oxygens (including phenoxy) is 2. The first-order valence-electron chi connectivity index (χ1n) is 12.0. The molecule has 8 nitrogen and oxygen atoms in total.